The van der Waals surface area contributed by atoms with Crippen molar-refractivity contribution in [3.05, 3.63) is 17.0 Å². The Kier molecular flexibility index (Phi) is 9.92. The third kappa shape index (κ3) is 6.40. The molecule has 0 bridgehead atoms. The fourth-order valence-electron chi connectivity index (χ4n) is 3.53. The molecule has 0 amide bonds. The lowest BCUT2D eigenvalue weighted by atomic mass is 10.0. The molecule has 0 saturated carbocycles. The quantitative estimate of drug-likeness (QED) is 0.377. The molecule has 7 heteroatoms. The van der Waals surface area contributed by atoms with Gasteiger partial charge in [-0.1, -0.05) is 0 Å². The molecule has 1 aliphatic heterocycles. The van der Waals surface area contributed by atoms with E-state index in [1.54, 1.807) is 0 Å². The zero-order valence-electron chi connectivity index (χ0n) is 17.3. The van der Waals surface area contributed by atoms with Crippen molar-refractivity contribution in [2.45, 2.75) is 66.0 Å². The Hall–Kier alpha value is -0.830. The number of aromatic nitrogens is 2. The molecule has 1 saturated heterocycles. The fourth-order valence-corrected chi connectivity index (χ4v) is 3.53. The van der Waals surface area contributed by atoms with Crippen LogP contribution < -0.4 is 10.6 Å². The second-order valence-electron chi connectivity index (χ2n) is 7.33. The van der Waals surface area contributed by atoms with Crippen molar-refractivity contribution in [3.8, 4) is 0 Å². The highest BCUT2D eigenvalue weighted by Gasteiger charge is 2.21. The van der Waals surface area contributed by atoms with Crippen LogP contribution in [-0.2, 0) is 13.5 Å². The Bertz CT molecular complexity index is 573. The van der Waals surface area contributed by atoms with Gasteiger partial charge in [0.1, 0.15) is 0 Å². The van der Waals surface area contributed by atoms with E-state index in [1.807, 2.05) is 11.7 Å². The maximum absolute atomic E-state index is 4.79. The summed E-state index contributed by atoms with van der Waals surface area (Å²) in [7, 11) is 2.00. The van der Waals surface area contributed by atoms with E-state index in [4.69, 9.17) is 4.99 Å². The normalized spacial score (nSPS) is 16.7. The number of aryl methyl sites for hydroxylation is 2. The Balaban J connectivity index is 0.00000338. The zero-order chi connectivity index (χ0) is 18.4. The third-order valence-corrected chi connectivity index (χ3v) is 5.24. The van der Waals surface area contributed by atoms with Gasteiger partial charge >= 0.3 is 0 Å². The molecule has 6 nitrogen and oxygen atoms in total. The molecule has 0 radical (unpaired) electrons. The lowest BCUT2D eigenvalue weighted by molar-refractivity contribution is 0.167. The lowest BCUT2D eigenvalue weighted by Gasteiger charge is -2.35. The highest BCUT2D eigenvalue weighted by Crippen LogP contribution is 2.14. The van der Waals surface area contributed by atoms with Crippen LogP contribution in [0.15, 0.2) is 4.99 Å². The molecule has 1 aromatic heterocycles. The second kappa shape index (κ2) is 11.1. The van der Waals surface area contributed by atoms with Crippen molar-refractivity contribution in [2.75, 3.05) is 26.2 Å². The van der Waals surface area contributed by atoms with Crippen LogP contribution in [-0.4, -0.2) is 58.9 Å². The van der Waals surface area contributed by atoms with Gasteiger partial charge in [-0.2, -0.15) is 5.10 Å². The minimum Gasteiger partial charge on any atom is -0.357 e. The Morgan fingerprint density at radius 1 is 1.27 bits per heavy atom. The number of likely N-dealkylation sites (tertiary alicyclic amines) is 1. The molecule has 0 atom stereocenters. The van der Waals surface area contributed by atoms with Gasteiger partial charge in [0.15, 0.2) is 5.96 Å². The van der Waals surface area contributed by atoms with Gasteiger partial charge in [0.25, 0.3) is 0 Å². The lowest BCUT2D eigenvalue weighted by Crippen LogP contribution is -2.49. The van der Waals surface area contributed by atoms with Crippen molar-refractivity contribution in [3.63, 3.8) is 0 Å². The summed E-state index contributed by atoms with van der Waals surface area (Å²) in [6.07, 6.45) is 3.31. The molecule has 0 aromatic carbocycles. The summed E-state index contributed by atoms with van der Waals surface area (Å²) < 4.78 is 1.96. The van der Waals surface area contributed by atoms with Gasteiger partial charge in [-0.15, -0.1) is 24.0 Å². The molecule has 0 aliphatic carbocycles. The van der Waals surface area contributed by atoms with E-state index in [0.29, 0.717) is 12.1 Å². The van der Waals surface area contributed by atoms with Gasteiger partial charge in [0.2, 0.25) is 0 Å². The number of nitrogens with zero attached hydrogens (tertiary/aromatic N) is 4. The maximum atomic E-state index is 4.79. The van der Waals surface area contributed by atoms with Crippen molar-refractivity contribution in [1.29, 1.82) is 0 Å². The molecule has 2 rings (SSSR count). The standard InChI is InChI=1S/C19H36N6.HI/c1-7-20-19(22-17-9-12-25(13-10-17)14(2)3)21-11-8-18-15(4)23-24(6)16(18)5;/h14,17H,7-13H2,1-6H3,(H2,20,21,22);1H. The molecule has 26 heavy (non-hydrogen) atoms. The number of piperidine rings is 1. The van der Waals surface area contributed by atoms with Crippen LogP contribution in [0, 0.1) is 13.8 Å². The van der Waals surface area contributed by atoms with E-state index in [2.05, 4.69) is 55.3 Å². The molecule has 0 spiro atoms. The van der Waals surface area contributed by atoms with Gasteiger partial charge in [-0.3, -0.25) is 9.67 Å². The number of nitrogens with one attached hydrogen (secondary N) is 2. The predicted octanol–water partition coefficient (Wildman–Crippen LogP) is 2.63. The number of rotatable bonds is 6. The number of guanidine groups is 1. The third-order valence-electron chi connectivity index (χ3n) is 5.24. The summed E-state index contributed by atoms with van der Waals surface area (Å²) in [4.78, 5) is 7.34. The van der Waals surface area contributed by atoms with Crippen LogP contribution in [0.25, 0.3) is 0 Å². The molecule has 1 aliphatic rings. The van der Waals surface area contributed by atoms with Crippen LogP contribution in [0.3, 0.4) is 0 Å². The first-order valence-electron chi connectivity index (χ1n) is 9.70. The van der Waals surface area contributed by atoms with Crippen molar-refractivity contribution in [2.24, 2.45) is 12.0 Å². The second-order valence-corrected chi connectivity index (χ2v) is 7.33. The Labute approximate surface area is 176 Å². The van der Waals surface area contributed by atoms with Crippen LogP contribution >= 0.6 is 24.0 Å². The number of aliphatic imine (C=N–C) groups is 1. The summed E-state index contributed by atoms with van der Waals surface area (Å²) >= 11 is 0. The molecule has 1 aromatic rings. The highest BCUT2D eigenvalue weighted by molar-refractivity contribution is 14.0. The van der Waals surface area contributed by atoms with E-state index in [9.17, 15) is 0 Å². The summed E-state index contributed by atoms with van der Waals surface area (Å²) in [5, 5.41) is 11.5. The molecule has 0 unspecified atom stereocenters. The SMILES string of the molecule is CCNC(=NCCc1c(C)nn(C)c1C)NC1CCN(C(C)C)CC1.I. The average Bonchev–Trinajstić information content (AvgIpc) is 2.81. The van der Waals surface area contributed by atoms with Gasteiger partial charge in [-0.05, 0) is 59.4 Å². The van der Waals surface area contributed by atoms with Crippen molar-refractivity contribution in [1.82, 2.24) is 25.3 Å². The topological polar surface area (TPSA) is 57.5 Å². The van der Waals surface area contributed by atoms with Gasteiger partial charge in [0, 0.05) is 51.0 Å². The first-order chi connectivity index (χ1) is 11.9. The first kappa shape index (κ1) is 23.2. The monoisotopic (exact) mass is 476 g/mol. The van der Waals surface area contributed by atoms with E-state index in [-0.39, 0.29) is 24.0 Å². The average molecular weight is 476 g/mol. The summed E-state index contributed by atoms with van der Waals surface area (Å²) in [5.41, 5.74) is 3.69. The van der Waals surface area contributed by atoms with E-state index in [0.717, 1.165) is 31.2 Å². The summed E-state index contributed by atoms with van der Waals surface area (Å²) in [6, 6.07) is 1.17. The van der Waals surface area contributed by atoms with E-state index >= 15 is 0 Å². The Morgan fingerprint density at radius 2 is 1.92 bits per heavy atom. The van der Waals surface area contributed by atoms with Crippen molar-refractivity contribution >= 4 is 29.9 Å². The smallest absolute Gasteiger partial charge is 0.191 e. The number of halogens is 1. The van der Waals surface area contributed by atoms with Gasteiger partial charge in [-0.25, -0.2) is 0 Å². The van der Waals surface area contributed by atoms with Gasteiger partial charge < -0.3 is 15.5 Å². The number of hydrogen-bond donors (Lipinski definition) is 2. The fraction of sp³-hybridized carbons (Fsp3) is 0.789. The minimum atomic E-state index is 0. The molecule has 1 fully saturated rings. The van der Waals surface area contributed by atoms with Crippen LogP contribution in [0.4, 0.5) is 0 Å². The molecular weight excluding hydrogens is 439 g/mol. The largest absolute Gasteiger partial charge is 0.357 e. The van der Waals surface area contributed by atoms with Crippen LogP contribution in [0.5, 0.6) is 0 Å². The predicted molar refractivity (Wildman–Crippen MR) is 121 cm³/mol. The van der Waals surface area contributed by atoms with Gasteiger partial charge in [0.05, 0.1) is 5.69 Å². The highest BCUT2D eigenvalue weighted by atomic mass is 127. The molecule has 2 heterocycles. The summed E-state index contributed by atoms with van der Waals surface area (Å²) in [6.45, 7) is 14.9. The molecule has 2 N–H and O–H groups in total. The molecule has 150 valence electrons. The van der Waals surface area contributed by atoms with Crippen LogP contribution in [0.1, 0.15) is 50.6 Å². The first-order valence-corrected chi connectivity index (χ1v) is 9.70. The Morgan fingerprint density at radius 3 is 2.42 bits per heavy atom. The molecular formula is C19H37IN6. The maximum Gasteiger partial charge on any atom is 0.191 e. The van der Waals surface area contributed by atoms with E-state index < -0.39 is 0 Å². The zero-order valence-corrected chi connectivity index (χ0v) is 19.6. The van der Waals surface area contributed by atoms with Crippen molar-refractivity contribution < 1.29 is 0 Å². The minimum absolute atomic E-state index is 0. The van der Waals surface area contributed by atoms with E-state index in [1.165, 1.54) is 37.2 Å². The van der Waals surface area contributed by atoms with Crippen LogP contribution in [0.2, 0.25) is 0 Å². The number of hydrogen-bond acceptors (Lipinski definition) is 3. The summed E-state index contributed by atoms with van der Waals surface area (Å²) in [5.74, 6) is 0.949.